The molecule has 1 aromatic carbocycles. The zero-order valence-corrected chi connectivity index (χ0v) is 19.2. The Morgan fingerprint density at radius 1 is 1.13 bits per heavy atom. The highest BCUT2D eigenvalue weighted by atomic mass is 32.2. The van der Waals surface area contributed by atoms with E-state index in [0.29, 0.717) is 21.8 Å². The molecular weight excluding hydrogens is 432 g/mol. The van der Waals surface area contributed by atoms with Crippen LogP contribution in [0.15, 0.2) is 57.3 Å². The molecule has 7 nitrogen and oxygen atoms in total. The molecule has 3 aromatic rings. The Bertz CT molecular complexity index is 1220. The molecule has 1 aliphatic rings. The van der Waals surface area contributed by atoms with Gasteiger partial charge in [0, 0.05) is 19.3 Å². The molecule has 31 heavy (non-hydrogen) atoms. The summed E-state index contributed by atoms with van der Waals surface area (Å²) in [5, 5.41) is 1.07. The lowest BCUT2D eigenvalue weighted by molar-refractivity contribution is 0.285. The second-order valence-electron chi connectivity index (χ2n) is 7.87. The van der Waals surface area contributed by atoms with E-state index >= 15 is 0 Å². The second-order valence-corrected chi connectivity index (χ2v) is 11.2. The Labute approximate surface area is 186 Å². The minimum absolute atomic E-state index is 0.0589. The molecule has 1 fully saturated rings. The minimum atomic E-state index is -3.56. The predicted molar refractivity (Wildman–Crippen MR) is 123 cm³/mol. The summed E-state index contributed by atoms with van der Waals surface area (Å²) in [6, 6.07) is 10.6. The molecule has 164 valence electrons. The third-order valence-electron chi connectivity index (χ3n) is 5.79. The van der Waals surface area contributed by atoms with E-state index in [-0.39, 0.29) is 21.7 Å². The average Bonchev–Trinajstić information content (AvgIpc) is 2.79. The van der Waals surface area contributed by atoms with Gasteiger partial charge < -0.3 is 4.98 Å². The van der Waals surface area contributed by atoms with Gasteiger partial charge in [-0.25, -0.2) is 18.4 Å². The number of hydrogen-bond donors (Lipinski definition) is 1. The minimum Gasteiger partial charge on any atom is -0.309 e. The highest BCUT2D eigenvalue weighted by Crippen LogP contribution is 2.33. The van der Waals surface area contributed by atoms with E-state index in [9.17, 15) is 13.2 Å². The van der Waals surface area contributed by atoms with Crippen LogP contribution in [0.4, 0.5) is 0 Å². The summed E-state index contributed by atoms with van der Waals surface area (Å²) in [5.74, 6) is 0.559. The van der Waals surface area contributed by atoms with Gasteiger partial charge in [0.25, 0.3) is 5.56 Å². The highest BCUT2D eigenvalue weighted by Gasteiger charge is 2.29. The lowest BCUT2D eigenvalue weighted by Gasteiger charge is -2.30. The molecule has 2 aromatic heterocycles. The number of pyridine rings is 1. The van der Waals surface area contributed by atoms with E-state index in [1.165, 1.54) is 28.7 Å². The number of rotatable bonds is 6. The van der Waals surface area contributed by atoms with Gasteiger partial charge in [-0.2, -0.15) is 4.31 Å². The van der Waals surface area contributed by atoms with Crippen molar-refractivity contribution in [2.24, 2.45) is 0 Å². The Hall–Kier alpha value is -2.23. The van der Waals surface area contributed by atoms with Crippen molar-refractivity contribution >= 4 is 32.7 Å². The number of sulfonamides is 1. The Morgan fingerprint density at radius 3 is 2.58 bits per heavy atom. The Balaban J connectivity index is 1.50. The van der Waals surface area contributed by atoms with Crippen LogP contribution in [0.2, 0.25) is 0 Å². The summed E-state index contributed by atoms with van der Waals surface area (Å²) in [6.07, 6.45) is 6.55. The van der Waals surface area contributed by atoms with E-state index in [4.69, 9.17) is 0 Å². The van der Waals surface area contributed by atoms with Crippen molar-refractivity contribution in [3.05, 3.63) is 58.8 Å². The van der Waals surface area contributed by atoms with Crippen molar-refractivity contribution in [3.63, 3.8) is 0 Å². The van der Waals surface area contributed by atoms with Gasteiger partial charge in [0.15, 0.2) is 0 Å². The maximum absolute atomic E-state index is 13.0. The number of thioether (sulfide) groups is 1. The van der Waals surface area contributed by atoms with Crippen LogP contribution in [0.5, 0.6) is 0 Å². The van der Waals surface area contributed by atoms with Gasteiger partial charge in [0.05, 0.1) is 21.2 Å². The van der Waals surface area contributed by atoms with Crippen molar-refractivity contribution in [1.82, 2.24) is 19.3 Å². The smallest absolute Gasteiger partial charge is 0.258 e. The Morgan fingerprint density at radius 2 is 1.87 bits per heavy atom. The summed E-state index contributed by atoms with van der Waals surface area (Å²) in [4.78, 5) is 24.3. The van der Waals surface area contributed by atoms with E-state index in [1.807, 2.05) is 25.1 Å². The molecule has 0 amide bonds. The molecular formula is C22H26N4O3S2. The van der Waals surface area contributed by atoms with Crippen LogP contribution in [-0.4, -0.2) is 40.8 Å². The summed E-state index contributed by atoms with van der Waals surface area (Å²) >= 11 is 1.42. The number of aromatic amines is 1. The van der Waals surface area contributed by atoms with Gasteiger partial charge in [-0.15, -0.1) is 0 Å². The molecule has 2 heterocycles. The van der Waals surface area contributed by atoms with Crippen LogP contribution in [-0.2, 0) is 10.0 Å². The summed E-state index contributed by atoms with van der Waals surface area (Å²) in [7, 11) is -1.90. The van der Waals surface area contributed by atoms with Crippen molar-refractivity contribution < 1.29 is 8.42 Å². The van der Waals surface area contributed by atoms with Crippen LogP contribution < -0.4 is 5.56 Å². The van der Waals surface area contributed by atoms with Gasteiger partial charge in [-0.1, -0.05) is 43.2 Å². The summed E-state index contributed by atoms with van der Waals surface area (Å²) < 4.78 is 27.5. The number of para-hydroxylation sites is 1. The number of nitrogens with zero attached hydrogens (tertiary/aromatic N) is 3. The van der Waals surface area contributed by atoms with Crippen LogP contribution in [0, 0.1) is 0 Å². The number of hydrogen-bond acceptors (Lipinski definition) is 6. The number of nitrogens with one attached hydrogen (secondary N) is 1. The normalized spacial score (nSPS) is 16.6. The average molecular weight is 459 g/mol. The van der Waals surface area contributed by atoms with Crippen LogP contribution in [0.25, 0.3) is 10.9 Å². The number of aromatic nitrogens is 3. The zero-order chi connectivity index (χ0) is 22.0. The quantitative estimate of drug-likeness (QED) is 0.558. The van der Waals surface area contributed by atoms with E-state index in [2.05, 4.69) is 15.0 Å². The molecule has 0 bridgehead atoms. The number of benzene rings is 1. The van der Waals surface area contributed by atoms with E-state index in [1.54, 1.807) is 25.2 Å². The molecule has 9 heteroatoms. The van der Waals surface area contributed by atoms with Crippen molar-refractivity contribution in [3.8, 4) is 0 Å². The van der Waals surface area contributed by atoms with Gasteiger partial charge in [-0.05, 0) is 44.0 Å². The van der Waals surface area contributed by atoms with Crippen molar-refractivity contribution in [2.45, 2.75) is 60.2 Å². The third-order valence-corrected chi connectivity index (χ3v) is 8.74. The van der Waals surface area contributed by atoms with Gasteiger partial charge in [0.2, 0.25) is 10.0 Å². The zero-order valence-electron chi connectivity index (χ0n) is 17.6. The van der Waals surface area contributed by atoms with Gasteiger partial charge in [-0.3, -0.25) is 4.79 Å². The van der Waals surface area contributed by atoms with Crippen LogP contribution >= 0.6 is 11.8 Å². The predicted octanol–water partition coefficient (Wildman–Crippen LogP) is 4.12. The van der Waals surface area contributed by atoms with Crippen molar-refractivity contribution in [2.75, 3.05) is 7.05 Å². The molecule has 0 unspecified atom stereocenters. The second kappa shape index (κ2) is 9.10. The molecule has 1 N–H and O–H groups in total. The summed E-state index contributed by atoms with van der Waals surface area (Å²) in [5.41, 5.74) is 0.474. The largest absolute Gasteiger partial charge is 0.309 e. The fraction of sp³-hybridized carbons (Fsp3) is 0.409. The van der Waals surface area contributed by atoms with E-state index in [0.717, 1.165) is 25.7 Å². The number of H-pyrrole nitrogens is 1. The summed E-state index contributed by atoms with van der Waals surface area (Å²) in [6.45, 7) is 1.93. The Kier molecular flexibility index (Phi) is 6.45. The lowest BCUT2D eigenvalue weighted by atomic mass is 9.96. The standard InChI is InChI=1S/C22H26N4O3S2/c1-15(21-24-19-11-7-6-10-18(19)22(27)25-21)30-20-13-12-17(14-23-20)31(28,29)26(2)16-8-4-3-5-9-16/h6-7,10-16H,3-5,8-9H2,1-2H3,(H,24,25,27)/t15-/m0/s1. The first kappa shape index (κ1) is 22.0. The first-order chi connectivity index (χ1) is 14.9. The highest BCUT2D eigenvalue weighted by molar-refractivity contribution is 7.99. The maximum Gasteiger partial charge on any atom is 0.258 e. The van der Waals surface area contributed by atoms with Crippen LogP contribution in [0.1, 0.15) is 50.1 Å². The lowest BCUT2D eigenvalue weighted by Crippen LogP contribution is -2.38. The number of fused-ring (bicyclic) bond motifs is 1. The first-order valence-electron chi connectivity index (χ1n) is 10.5. The molecule has 1 atom stereocenters. The molecule has 4 rings (SSSR count). The SMILES string of the molecule is C[C@H](Sc1ccc(S(=O)(=O)N(C)C2CCCCC2)cn1)c1nc2ccccc2c(=O)[nH]1. The van der Waals surface area contributed by atoms with Crippen LogP contribution in [0.3, 0.4) is 0 Å². The third kappa shape index (κ3) is 4.68. The molecule has 0 aliphatic heterocycles. The molecule has 0 saturated heterocycles. The molecule has 1 saturated carbocycles. The fourth-order valence-corrected chi connectivity index (χ4v) is 6.14. The maximum atomic E-state index is 13.0. The topological polar surface area (TPSA) is 96.0 Å². The first-order valence-corrected chi connectivity index (χ1v) is 12.8. The van der Waals surface area contributed by atoms with Gasteiger partial charge in [0.1, 0.15) is 10.7 Å². The van der Waals surface area contributed by atoms with Crippen molar-refractivity contribution in [1.29, 1.82) is 0 Å². The van der Waals surface area contributed by atoms with Gasteiger partial charge >= 0.3 is 0 Å². The van der Waals surface area contributed by atoms with E-state index < -0.39 is 10.0 Å². The molecule has 0 radical (unpaired) electrons. The molecule has 0 spiro atoms. The molecule has 1 aliphatic carbocycles. The fourth-order valence-electron chi connectivity index (χ4n) is 3.93. The monoisotopic (exact) mass is 458 g/mol.